The number of rotatable bonds is 5. The van der Waals surface area contributed by atoms with Crippen LogP contribution < -0.4 is 15.5 Å². The molecule has 0 saturated carbocycles. The third-order valence-corrected chi connectivity index (χ3v) is 5.43. The zero-order valence-corrected chi connectivity index (χ0v) is 16.6. The van der Waals surface area contributed by atoms with Crippen LogP contribution in [0, 0.1) is 13.8 Å². The largest absolute Gasteiger partial charge is 0.342 e. The fraction of sp³-hybridized carbons (Fsp3) is 0.250. The Balaban J connectivity index is 1.66. The standard InChI is InChI=1S/C20H22N4O2S/c1-12-5-6-13(2)19-18(12)23-20(27-19)24(4)11-17(26)22-16-9-7-15(8-10-16)21-14(3)25/h5-10H,11H2,1-4H3,(H,21,25)(H,22,26). The first-order chi connectivity index (χ1) is 12.8. The van der Waals surface area contributed by atoms with Gasteiger partial charge in [0.1, 0.15) is 0 Å². The van der Waals surface area contributed by atoms with Crippen LogP contribution in [-0.2, 0) is 9.59 Å². The molecule has 0 aliphatic heterocycles. The first kappa shape index (κ1) is 18.8. The molecule has 27 heavy (non-hydrogen) atoms. The highest BCUT2D eigenvalue weighted by atomic mass is 32.1. The van der Waals surface area contributed by atoms with Crippen molar-refractivity contribution in [2.45, 2.75) is 20.8 Å². The molecule has 0 atom stereocenters. The summed E-state index contributed by atoms with van der Waals surface area (Å²) in [5, 5.41) is 6.38. The second kappa shape index (κ2) is 7.75. The van der Waals surface area contributed by atoms with Gasteiger partial charge in [0.25, 0.3) is 0 Å². The summed E-state index contributed by atoms with van der Waals surface area (Å²) in [6, 6.07) is 11.2. The van der Waals surface area contributed by atoms with Crippen molar-refractivity contribution in [1.29, 1.82) is 0 Å². The van der Waals surface area contributed by atoms with E-state index in [2.05, 4.69) is 29.7 Å². The number of carbonyl (C=O) groups is 2. The number of aryl methyl sites for hydroxylation is 2. The second-order valence-electron chi connectivity index (χ2n) is 6.54. The van der Waals surface area contributed by atoms with Crippen LogP contribution in [0.25, 0.3) is 10.2 Å². The summed E-state index contributed by atoms with van der Waals surface area (Å²) in [7, 11) is 1.86. The van der Waals surface area contributed by atoms with Crippen LogP contribution in [0.15, 0.2) is 36.4 Å². The molecule has 2 aromatic carbocycles. The number of likely N-dealkylation sites (N-methyl/N-ethyl adjacent to an activating group) is 1. The highest BCUT2D eigenvalue weighted by molar-refractivity contribution is 7.22. The van der Waals surface area contributed by atoms with E-state index in [0.717, 1.165) is 20.9 Å². The van der Waals surface area contributed by atoms with Gasteiger partial charge in [0.05, 0.1) is 16.8 Å². The van der Waals surface area contributed by atoms with Gasteiger partial charge < -0.3 is 15.5 Å². The Morgan fingerprint density at radius 2 is 1.59 bits per heavy atom. The van der Waals surface area contributed by atoms with Gasteiger partial charge in [-0.25, -0.2) is 4.98 Å². The van der Waals surface area contributed by atoms with Crippen LogP contribution in [0.5, 0.6) is 0 Å². The van der Waals surface area contributed by atoms with E-state index in [1.165, 1.54) is 12.5 Å². The molecule has 0 saturated heterocycles. The molecule has 0 aliphatic carbocycles. The number of nitrogens with zero attached hydrogens (tertiary/aromatic N) is 2. The lowest BCUT2D eigenvalue weighted by molar-refractivity contribution is -0.115. The molecule has 3 aromatic rings. The van der Waals surface area contributed by atoms with Crippen molar-refractivity contribution in [2.75, 3.05) is 29.1 Å². The van der Waals surface area contributed by atoms with Crippen molar-refractivity contribution >= 4 is 49.9 Å². The van der Waals surface area contributed by atoms with Crippen molar-refractivity contribution in [1.82, 2.24) is 4.98 Å². The Bertz CT molecular complexity index is 956. The number of hydrogen-bond acceptors (Lipinski definition) is 5. The van der Waals surface area contributed by atoms with Crippen molar-refractivity contribution < 1.29 is 9.59 Å². The number of nitrogens with one attached hydrogen (secondary N) is 2. The molecule has 7 heteroatoms. The molecular formula is C20H22N4O2S. The predicted octanol–water partition coefficient (Wildman–Crippen LogP) is 3.95. The fourth-order valence-electron chi connectivity index (χ4n) is 2.73. The van der Waals surface area contributed by atoms with E-state index in [-0.39, 0.29) is 18.4 Å². The average Bonchev–Trinajstić information content (AvgIpc) is 3.06. The summed E-state index contributed by atoms with van der Waals surface area (Å²) in [6.07, 6.45) is 0. The summed E-state index contributed by atoms with van der Waals surface area (Å²) < 4.78 is 1.16. The SMILES string of the molecule is CC(=O)Nc1ccc(NC(=O)CN(C)c2nc3c(C)ccc(C)c3s2)cc1. The van der Waals surface area contributed by atoms with Crippen LogP contribution in [0.2, 0.25) is 0 Å². The average molecular weight is 382 g/mol. The smallest absolute Gasteiger partial charge is 0.243 e. The van der Waals surface area contributed by atoms with Gasteiger partial charge in [-0.1, -0.05) is 23.5 Å². The van der Waals surface area contributed by atoms with Gasteiger partial charge in [-0.2, -0.15) is 0 Å². The Kier molecular flexibility index (Phi) is 5.41. The van der Waals surface area contributed by atoms with E-state index < -0.39 is 0 Å². The molecule has 6 nitrogen and oxygen atoms in total. The van der Waals surface area contributed by atoms with Crippen LogP contribution in [0.1, 0.15) is 18.1 Å². The quantitative estimate of drug-likeness (QED) is 0.701. The van der Waals surface area contributed by atoms with Gasteiger partial charge in [-0.15, -0.1) is 0 Å². The molecule has 3 rings (SSSR count). The molecule has 1 aromatic heterocycles. The topological polar surface area (TPSA) is 74.3 Å². The molecule has 0 bridgehead atoms. The number of hydrogen-bond donors (Lipinski definition) is 2. The lowest BCUT2D eigenvalue weighted by Crippen LogP contribution is -2.29. The highest BCUT2D eigenvalue weighted by Gasteiger charge is 2.14. The number of aromatic nitrogens is 1. The van der Waals surface area contributed by atoms with E-state index in [0.29, 0.717) is 11.4 Å². The minimum atomic E-state index is -0.130. The number of benzene rings is 2. The molecule has 0 spiro atoms. The lowest BCUT2D eigenvalue weighted by atomic mass is 10.1. The minimum absolute atomic E-state index is 0.127. The maximum Gasteiger partial charge on any atom is 0.243 e. The molecule has 1 heterocycles. The molecule has 0 fully saturated rings. The van der Waals surface area contributed by atoms with Gasteiger partial charge in [0.2, 0.25) is 11.8 Å². The molecule has 140 valence electrons. The number of thiazole rings is 1. The zero-order chi connectivity index (χ0) is 19.6. The Hall–Kier alpha value is -2.93. The summed E-state index contributed by atoms with van der Waals surface area (Å²) in [5.74, 6) is -0.257. The predicted molar refractivity (Wildman–Crippen MR) is 112 cm³/mol. The monoisotopic (exact) mass is 382 g/mol. The Labute approximate surface area is 162 Å². The molecule has 0 radical (unpaired) electrons. The highest BCUT2D eigenvalue weighted by Crippen LogP contribution is 2.32. The van der Waals surface area contributed by atoms with Gasteiger partial charge >= 0.3 is 0 Å². The maximum absolute atomic E-state index is 12.4. The van der Waals surface area contributed by atoms with E-state index in [4.69, 9.17) is 4.98 Å². The molecule has 2 N–H and O–H groups in total. The van der Waals surface area contributed by atoms with Gasteiger partial charge in [-0.05, 0) is 49.2 Å². The first-order valence-corrected chi connectivity index (χ1v) is 9.40. The molecule has 2 amide bonds. The normalized spacial score (nSPS) is 10.7. The Morgan fingerprint density at radius 1 is 1.00 bits per heavy atom. The second-order valence-corrected chi connectivity index (χ2v) is 7.51. The van der Waals surface area contributed by atoms with Crippen LogP contribution >= 0.6 is 11.3 Å². The van der Waals surface area contributed by atoms with Crippen molar-refractivity contribution in [3.05, 3.63) is 47.5 Å². The zero-order valence-electron chi connectivity index (χ0n) is 15.8. The first-order valence-electron chi connectivity index (χ1n) is 8.59. The van der Waals surface area contributed by atoms with Crippen molar-refractivity contribution in [3.63, 3.8) is 0 Å². The summed E-state index contributed by atoms with van der Waals surface area (Å²) in [5.41, 5.74) is 4.69. The molecule has 0 aliphatic rings. The van der Waals surface area contributed by atoms with Gasteiger partial charge in [-0.3, -0.25) is 9.59 Å². The van der Waals surface area contributed by atoms with Crippen molar-refractivity contribution in [2.24, 2.45) is 0 Å². The number of fused-ring (bicyclic) bond motifs is 1. The summed E-state index contributed by atoms with van der Waals surface area (Å²) in [6.45, 7) is 5.77. The lowest BCUT2D eigenvalue weighted by Gasteiger charge is -2.15. The van der Waals surface area contributed by atoms with E-state index in [9.17, 15) is 9.59 Å². The van der Waals surface area contributed by atoms with E-state index in [1.807, 2.05) is 18.9 Å². The van der Waals surface area contributed by atoms with Gasteiger partial charge in [0, 0.05) is 25.3 Å². The third-order valence-electron chi connectivity index (χ3n) is 4.13. The van der Waals surface area contributed by atoms with Crippen LogP contribution in [0.4, 0.5) is 16.5 Å². The number of carbonyl (C=O) groups excluding carboxylic acids is 2. The summed E-state index contributed by atoms with van der Waals surface area (Å²) in [4.78, 5) is 30.0. The molecular weight excluding hydrogens is 360 g/mol. The van der Waals surface area contributed by atoms with E-state index in [1.54, 1.807) is 35.6 Å². The summed E-state index contributed by atoms with van der Waals surface area (Å²) >= 11 is 1.60. The third kappa shape index (κ3) is 4.43. The van der Waals surface area contributed by atoms with E-state index >= 15 is 0 Å². The van der Waals surface area contributed by atoms with Crippen LogP contribution in [-0.4, -0.2) is 30.4 Å². The molecule has 0 unspecified atom stereocenters. The minimum Gasteiger partial charge on any atom is -0.342 e. The van der Waals surface area contributed by atoms with Crippen LogP contribution in [0.3, 0.4) is 0 Å². The van der Waals surface area contributed by atoms with Crippen molar-refractivity contribution in [3.8, 4) is 0 Å². The number of anilines is 3. The Morgan fingerprint density at radius 3 is 2.19 bits per heavy atom. The maximum atomic E-state index is 12.4. The fourth-order valence-corrected chi connectivity index (χ4v) is 3.81. The van der Waals surface area contributed by atoms with Gasteiger partial charge in [0.15, 0.2) is 5.13 Å². The number of amides is 2.